The van der Waals surface area contributed by atoms with E-state index in [9.17, 15) is 58.6 Å². The molecule has 4 aromatic rings. The summed E-state index contributed by atoms with van der Waals surface area (Å²) in [6.07, 6.45) is 0. The summed E-state index contributed by atoms with van der Waals surface area (Å²) in [6, 6.07) is 10.5. The van der Waals surface area contributed by atoms with E-state index in [1.807, 2.05) is 0 Å². The van der Waals surface area contributed by atoms with Gasteiger partial charge in [0.2, 0.25) is 0 Å². The molecule has 4 rings (SSSR count). The molecule has 0 aromatic heterocycles. The number of non-ortho nitro benzene ring substituents is 1. The van der Waals surface area contributed by atoms with E-state index in [-0.39, 0.29) is 27.5 Å². The molecule has 0 saturated heterocycles. The van der Waals surface area contributed by atoms with Crippen LogP contribution in [0.25, 0.3) is 10.8 Å². The quantitative estimate of drug-likeness (QED) is 0.101. The molecule has 4 aromatic carbocycles. The van der Waals surface area contributed by atoms with Crippen LogP contribution >= 0.6 is 11.6 Å². The fourth-order valence-electron chi connectivity index (χ4n) is 3.99. The van der Waals surface area contributed by atoms with Gasteiger partial charge in [0.05, 0.1) is 26.2 Å². The molecule has 0 unspecified atom stereocenters. The summed E-state index contributed by atoms with van der Waals surface area (Å²) < 4.78 is 101. The van der Waals surface area contributed by atoms with Gasteiger partial charge in [0.15, 0.2) is 0 Å². The number of nitrogens with zero attached hydrogens (tertiary/aromatic N) is 1. The van der Waals surface area contributed by atoms with E-state index >= 15 is 0 Å². The Hall–Kier alpha value is -4.50. The summed E-state index contributed by atoms with van der Waals surface area (Å²) in [7, 11) is -15.7. The molecule has 0 fully saturated rings. The van der Waals surface area contributed by atoms with E-state index < -0.39 is 78.2 Å². The minimum Gasteiger partial charge on any atom is -0.321 e. The van der Waals surface area contributed by atoms with Gasteiger partial charge >= 0.3 is 0 Å². The second kappa shape index (κ2) is 11.5. The second-order valence-electron chi connectivity index (χ2n) is 8.79. The highest BCUT2D eigenvalue weighted by Crippen LogP contribution is 2.37. The van der Waals surface area contributed by atoms with E-state index in [1.54, 1.807) is 0 Å². The Morgan fingerprint density at radius 3 is 1.86 bits per heavy atom. The van der Waals surface area contributed by atoms with Crippen LogP contribution in [-0.4, -0.2) is 55.6 Å². The van der Waals surface area contributed by atoms with Crippen LogP contribution in [0, 0.1) is 10.1 Å². The van der Waals surface area contributed by atoms with Crippen LogP contribution in [-0.2, 0) is 30.4 Å². The van der Waals surface area contributed by atoms with Crippen LogP contribution < -0.4 is 10.6 Å². The van der Waals surface area contributed by atoms with Crippen molar-refractivity contribution in [1.29, 1.82) is 0 Å². The highest BCUT2D eigenvalue weighted by molar-refractivity contribution is 7.87. The van der Waals surface area contributed by atoms with Crippen LogP contribution in [0.1, 0.15) is 20.7 Å². The number of rotatable bonds is 8. The third kappa shape index (κ3) is 6.83. The van der Waals surface area contributed by atoms with Crippen molar-refractivity contribution in [3.8, 4) is 0 Å². The number of anilines is 2. The Balaban J connectivity index is 1.80. The summed E-state index contributed by atoms with van der Waals surface area (Å²) >= 11 is 6.14. The lowest BCUT2D eigenvalue weighted by atomic mass is 10.1. The maximum atomic E-state index is 13.2. The molecular weight excluding hydrogens is 670 g/mol. The first-order chi connectivity index (χ1) is 20.3. The molecule has 0 radical (unpaired) electrons. The third-order valence-electron chi connectivity index (χ3n) is 5.91. The highest BCUT2D eigenvalue weighted by Gasteiger charge is 2.27. The van der Waals surface area contributed by atoms with E-state index in [4.69, 9.17) is 11.6 Å². The van der Waals surface area contributed by atoms with Crippen molar-refractivity contribution in [1.82, 2.24) is 0 Å². The van der Waals surface area contributed by atoms with Gasteiger partial charge in [-0.1, -0.05) is 17.7 Å². The van der Waals surface area contributed by atoms with Crippen LogP contribution in [0.2, 0.25) is 5.02 Å². The Kier molecular flexibility index (Phi) is 8.50. The zero-order valence-electron chi connectivity index (χ0n) is 21.3. The molecule has 0 aliphatic carbocycles. The first-order valence-corrected chi connectivity index (χ1v) is 16.2. The van der Waals surface area contributed by atoms with E-state index in [2.05, 4.69) is 10.6 Å². The van der Waals surface area contributed by atoms with Gasteiger partial charge in [0.25, 0.3) is 47.9 Å². The van der Waals surface area contributed by atoms with Crippen molar-refractivity contribution < 1.29 is 53.4 Å². The molecule has 16 nitrogen and oxygen atoms in total. The molecule has 0 saturated carbocycles. The predicted octanol–water partition coefficient (Wildman–Crippen LogP) is 3.65. The number of amides is 2. The molecule has 0 aliphatic heterocycles. The average molecular weight is 686 g/mol. The molecule has 20 heteroatoms. The molecular formula is C24H16ClN3O13S3. The Bertz CT molecular complexity index is 2240. The molecule has 230 valence electrons. The summed E-state index contributed by atoms with van der Waals surface area (Å²) in [5.74, 6) is -1.85. The smallest absolute Gasteiger partial charge is 0.295 e. The van der Waals surface area contributed by atoms with E-state index in [1.165, 1.54) is 24.3 Å². The van der Waals surface area contributed by atoms with Crippen LogP contribution in [0.5, 0.6) is 0 Å². The van der Waals surface area contributed by atoms with Gasteiger partial charge in [-0.05, 0) is 48.5 Å². The maximum Gasteiger partial charge on any atom is 0.295 e. The highest BCUT2D eigenvalue weighted by atomic mass is 35.5. The van der Waals surface area contributed by atoms with Crippen LogP contribution in [0.4, 0.5) is 17.1 Å². The summed E-state index contributed by atoms with van der Waals surface area (Å²) in [6.45, 7) is 0. The van der Waals surface area contributed by atoms with Gasteiger partial charge in [-0.15, -0.1) is 0 Å². The third-order valence-corrected chi connectivity index (χ3v) is 8.86. The molecule has 44 heavy (non-hydrogen) atoms. The number of nitrogens with one attached hydrogen (secondary N) is 2. The number of hydrogen-bond acceptors (Lipinski definition) is 10. The summed E-state index contributed by atoms with van der Waals surface area (Å²) in [5.41, 5.74) is -1.32. The maximum absolute atomic E-state index is 13.2. The van der Waals surface area contributed by atoms with Crippen molar-refractivity contribution in [3.05, 3.63) is 93.0 Å². The number of carbonyl (C=O) groups excluding carboxylic acids is 2. The zero-order valence-corrected chi connectivity index (χ0v) is 24.5. The molecule has 2 amide bonds. The minimum atomic E-state index is -5.37. The number of nitro groups is 1. The summed E-state index contributed by atoms with van der Waals surface area (Å²) in [5, 5.41) is 14.1. The predicted molar refractivity (Wildman–Crippen MR) is 154 cm³/mol. The van der Waals surface area contributed by atoms with E-state index in [0.29, 0.717) is 18.2 Å². The first kappa shape index (κ1) is 32.4. The Morgan fingerprint density at radius 2 is 1.30 bits per heavy atom. The number of halogens is 1. The van der Waals surface area contributed by atoms with Gasteiger partial charge in [-0.25, -0.2) is 0 Å². The summed E-state index contributed by atoms with van der Waals surface area (Å²) in [4.78, 5) is 32.8. The van der Waals surface area contributed by atoms with Crippen molar-refractivity contribution in [3.63, 3.8) is 0 Å². The van der Waals surface area contributed by atoms with Gasteiger partial charge in [0, 0.05) is 34.0 Å². The lowest BCUT2D eigenvalue weighted by Gasteiger charge is -2.15. The second-order valence-corrected chi connectivity index (χ2v) is 13.4. The fraction of sp³-hybridized carbons (Fsp3) is 0. The molecule has 0 atom stereocenters. The van der Waals surface area contributed by atoms with Gasteiger partial charge in [0.1, 0.15) is 9.79 Å². The zero-order chi connectivity index (χ0) is 32.8. The molecule has 0 bridgehead atoms. The average Bonchev–Trinajstić information content (AvgIpc) is 2.92. The number of hydrogen-bond donors (Lipinski definition) is 5. The normalized spacial score (nSPS) is 12.1. The van der Waals surface area contributed by atoms with Gasteiger partial charge in [-0.2, -0.15) is 25.3 Å². The minimum absolute atomic E-state index is 0.0605. The SMILES string of the molecule is O=C(Nc1cc(C(=O)Nc2ccc(S(=O)(=O)O)c3cc(S(=O)(=O)O)cc(S(=O)(=O)O)c23)ccc1Cl)c1cccc([N+](=O)[O-])c1. The fourth-order valence-corrected chi connectivity index (χ4v) is 6.19. The largest absolute Gasteiger partial charge is 0.321 e. The molecule has 0 spiro atoms. The van der Waals surface area contributed by atoms with Crippen molar-refractivity contribution >= 4 is 81.6 Å². The van der Waals surface area contributed by atoms with Crippen molar-refractivity contribution in [2.45, 2.75) is 14.7 Å². The molecule has 0 aliphatic rings. The first-order valence-electron chi connectivity index (χ1n) is 11.5. The topological polar surface area (TPSA) is 264 Å². The van der Waals surface area contributed by atoms with Crippen molar-refractivity contribution in [2.24, 2.45) is 0 Å². The number of benzene rings is 4. The lowest BCUT2D eigenvalue weighted by molar-refractivity contribution is -0.384. The molecule has 0 heterocycles. The van der Waals surface area contributed by atoms with Crippen LogP contribution in [0.3, 0.4) is 0 Å². The standard InChI is InChI=1S/C24H16ClN3O13S3/c25-17-5-4-13(9-19(17)27-23(29)12-2-1-3-14(8-12)28(31)32)24(30)26-18-6-7-20(43(36,37)38)16-10-15(42(33,34)35)11-21(22(16)18)44(39,40)41/h1-11H,(H,26,30)(H,27,29)(H,33,34,35)(H,36,37,38)(H,39,40,41). The number of carbonyl (C=O) groups is 2. The van der Waals surface area contributed by atoms with Gasteiger partial charge in [-0.3, -0.25) is 33.4 Å². The molecule has 5 N–H and O–H groups in total. The Morgan fingerprint density at radius 1 is 0.705 bits per heavy atom. The Labute approximate surface area is 252 Å². The van der Waals surface area contributed by atoms with E-state index in [0.717, 1.165) is 24.3 Å². The van der Waals surface area contributed by atoms with Gasteiger partial charge < -0.3 is 10.6 Å². The number of nitro benzene ring substituents is 1. The monoisotopic (exact) mass is 685 g/mol. The van der Waals surface area contributed by atoms with Crippen molar-refractivity contribution in [2.75, 3.05) is 10.6 Å². The van der Waals surface area contributed by atoms with Crippen LogP contribution in [0.15, 0.2) is 81.4 Å². The number of fused-ring (bicyclic) bond motifs is 1. The lowest BCUT2D eigenvalue weighted by Crippen LogP contribution is -2.16.